The number of aromatic nitrogens is 2. The molecule has 0 amide bonds. The van der Waals surface area contributed by atoms with Crippen molar-refractivity contribution in [3.05, 3.63) is 93.5 Å². The number of aromatic amines is 1. The molecule has 4 nitrogen and oxygen atoms in total. The van der Waals surface area contributed by atoms with Gasteiger partial charge in [0.2, 0.25) is 0 Å². The van der Waals surface area contributed by atoms with E-state index in [1.807, 2.05) is 37.3 Å². The zero-order valence-corrected chi connectivity index (χ0v) is 17.7. The Morgan fingerprint density at radius 1 is 1.20 bits per heavy atom. The molecule has 0 aliphatic rings. The summed E-state index contributed by atoms with van der Waals surface area (Å²) in [4.78, 5) is 7.72. The molecule has 0 unspecified atom stereocenters. The highest BCUT2D eigenvalue weighted by Crippen LogP contribution is 2.29. The predicted molar refractivity (Wildman–Crippen MR) is 119 cm³/mol. The van der Waals surface area contributed by atoms with Crippen LogP contribution in [0.15, 0.2) is 65.1 Å². The highest BCUT2D eigenvalue weighted by atomic mass is 79.9. The molecule has 0 bridgehead atoms. The first kappa shape index (κ1) is 19.9. The highest BCUT2D eigenvalue weighted by Gasteiger charge is 2.10. The summed E-state index contributed by atoms with van der Waals surface area (Å²) in [6.45, 7) is 2.14. The van der Waals surface area contributed by atoms with E-state index in [2.05, 4.69) is 32.0 Å². The van der Waals surface area contributed by atoms with E-state index >= 15 is 0 Å². The van der Waals surface area contributed by atoms with Crippen LogP contribution in [0.3, 0.4) is 0 Å². The van der Waals surface area contributed by atoms with E-state index in [-0.39, 0.29) is 12.4 Å². The van der Waals surface area contributed by atoms with E-state index in [0.717, 1.165) is 22.2 Å². The van der Waals surface area contributed by atoms with Crippen LogP contribution in [0, 0.1) is 24.1 Å². The number of halogens is 2. The summed E-state index contributed by atoms with van der Waals surface area (Å²) in [5.74, 6) is 0.815. The van der Waals surface area contributed by atoms with Crippen LogP contribution in [0.5, 0.6) is 5.75 Å². The molecule has 0 aliphatic heterocycles. The number of rotatable bonds is 5. The molecule has 30 heavy (non-hydrogen) atoms. The molecule has 1 N–H and O–H groups in total. The fourth-order valence-electron chi connectivity index (χ4n) is 3.07. The topological polar surface area (TPSA) is 61.7 Å². The minimum atomic E-state index is -0.298. The van der Waals surface area contributed by atoms with Gasteiger partial charge >= 0.3 is 0 Å². The maximum absolute atomic E-state index is 13.8. The normalized spacial score (nSPS) is 11.5. The Bertz CT molecular complexity index is 1300. The van der Waals surface area contributed by atoms with Gasteiger partial charge in [0.15, 0.2) is 0 Å². The number of nitrogens with zero attached hydrogens (tertiary/aromatic N) is 2. The van der Waals surface area contributed by atoms with Crippen molar-refractivity contribution in [2.45, 2.75) is 13.5 Å². The lowest BCUT2D eigenvalue weighted by Gasteiger charge is -2.09. The van der Waals surface area contributed by atoms with Crippen LogP contribution in [0.1, 0.15) is 22.5 Å². The molecule has 4 aromatic rings. The lowest BCUT2D eigenvalue weighted by molar-refractivity contribution is 0.298. The first-order valence-corrected chi connectivity index (χ1v) is 10.1. The van der Waals surface area contributed by atoms with Gasteiger partial charge in [-0.15, -0.1) is 0 Å². The maximum atomic E-state index is 13.8. The Kier molecular flexibility index (Phi) is 5.64. The molecule has 0 fully saturated rings. The van der Waals surface area contributed by atoms with Gasteiger partial charge in [-0.1, -0.05) is 30.3 Å². The largest absolute Gasteiger partial charge is 0.488 e. The third kappa shape index (κ3) is 4.27. The lowest BCUT2D eigenvalue weighted by Crippen LogP contribution is -1.98. The van der Waals surface area contributed by atoms with E-state index in [9.17, 15) is 9.65 Å². The van der Waals surface area contributed by atoms with Gasteiger partial charge in [0.05, 0.1) is 21.1 Å². The smallest absolute Gasteiger partial charge is 0.149 e. The van der Waals surface area contributed by atoms with Crippen LogP contribution in [0.4, 0.5) is 4.39 Å². The fraction of sp³-hybridized carbons (Fsp3) is 0.0833. The Morgan fingerprint density at radius 3 is 2.80 bits per heavy atom. The standard InChI is InChI=1S/C24H17BrFN3O/c1-15-6-8-21-22(10-15)29-24(28-21)18(13-27)11-16-7-9-23(19(25)12-16)30-14-17-4-2-3-5-20(17)26/h2-12H,14H2,1H3,(H,28,29)/b18-11-. The van der Waals surface area contributed by atoms with Gasteiger partial charge in [-0.2, -0.15) is 5.26 Å². The molecule has 0 aliphatic carbocycles. The second-order valence-corrected chi connectivity index (χ2v) is 7.70. The molecular formula is C24H17BrFN3O. The molecule has 4 rings (SSSR count). The molecule has 0 saturated carbocycles. The molecule has 0 radical (unpaired) electrons. The van der Waals surface area contributed by atoms with Crippen LogP contribution in [0.2, 0.25) is 0 Å². The average molecular weight is 462 g/mol. The van der Waals surface area contributed by atoms with Gasteiger partial charge < -0.3 is 9.72 Å². The molecule has 1 heterocycles. The minimum absolute atomic E-state index is 0.127. The van der Waals surface area contributed by atoms with Gasteiger partial charge in [0.1, 0.15) is 30.1 Å². The number of nitrogens with one attached hydrogen (secondary N) is 1. The van der Waals surface area contributed by atoms with Gasteiger partial charge in [-0.3, -0.25) is 0 Å². The number of allylic oxidation sites excluding steroid dienone is 1. The van der Waals surface area contributed by atoms with Crippen LogP contribution in [0.25, 0.3) is 22.7 Å². The van der Waals surface area contributed by atoms with E-state index in [1.54, 1.807) is 30.3 Å². The summed E-state index contributed by atoms with van der Waals surface area (Å²) in [5.41, 5.74) is 4.55. The zero-order valence-electron chi connectivity index (χ0n) is 16.1. The van der Waals surface area contributed by atoms with Crippen molar-refractivity contribution in [1.29, 1.82) is 5.26 Å². The average Bonchev–Trinajstić information content (AvgIpc) is 3.15. The van der Waals surface area contributed by atoms with Crippen molar-refractivity contribution in [1.82, 2.24) is 9.97 Å². The number of hydrogen-bond donors (Lipinski definition) is 1. The van der Waals surface area contributed by atoms with Crippen molar-refractivity contribution in [3.63, 3.8) is 0 Å². The number of fused-ring (bicyclic) bond motifs is 1. The SMILES string of the molecule is Cc1ccc2nc(/C(C#N)=C\c3ccc(OCc4ccccc4F)c(Br)c3)[nH]c2c1. The van der Waals surface area contributed by atoms with Gasteiger partial charge in [0.25, 0.3) is 0 Å². The highest BCUT2D eigenvalue weighted by molar-refractivity contribution is 9.10. The van der Waals surface area contributed by atoms with Crippen molar-refractivity contribution in [2.24, 2.45) is 0 Å². The molecule has 0 spiro atoms. The molecule has 0 saturated heterocycles. The summed E-state index contributed by atoms with van der Waals surface area (Å²) in [5, 5.41) is 9.63. The molecule has 148 valence electrons. The molecule has 6 heteroatoms. The van der Waals surface area contributed by atoms with Crippen LogP contribution >= 0.6 is 15.9 Å². The maximum Gasteiger partial charge on any atom is 0.149 e. The van der Waals surface area contributed by atoms with Crippen LogP contribution in [-0.4, -0.2) is 9.97 Å². The monoisotopic (exact) mass is 461 g/mol. The number of nitriles is 1. The van der Waals surface area contributed by atoms with Crippen LogP contribution < -0.4 is 4.74 Å². The Morgan fingerprint density at radius 2 is 2.03 bits per heavy atom. The Labute approximate surface area is 181 Å². The molecule has 3 aromatic carbocycles. The lowest BCUT2D eigenvalue weighted by atomic mass is 10.1. The van der Waals surface area contributed by atoms with Gasteiger partial charge in [0, 0.05) is 5.56 Å². The van der Waals surface area contributed by atoms with Crippen molar-refractivity contribution >= 4 is 38.6 Å². The summed E-state index contributed by atoms with van der Waals surface area (Å²) >= 11 is 3.49. The Balaban J connectivity index is 1.57. The third-order valence-corrected chi connectivity index (χ3v) is 5.24. The molecule has 0 atom stereocenters. The first-order valence-electron chi connectivity index (χ1n) is 9.28. The van der Waals surface area contributed by atoms with Crippen molar-refractivity contribution in [3.8, 4) is 11.8 Å². The van der Waals surface area contributed by atoms with Gasteiger partial charge in [-0.25, -0.2) is 9.37 Å². The van der Waals surface area contributed by atoms with Crippen molar-refractivity contribution in [2.75, 3.05) is 0 Å². The Hall–Kier alpha value is -3.43. The second kappa shape index (κ2) is 8.52. The number of hydrogen-bond acceptors (Lipinski definition) is 3. The summed E-state index contributed by atoms with van der Waals surface area (Å²) in [6.07, 6.45) is 1.76. The molecular weight excluding hydrogens is 445 g/mol. The number of H-pyrrole nitrogens is 1. The third-order valence-electron chi connectivity index (χ3n) is 4.62. The summed E-state index contributed by atoms with van der Waals surface area (Å²) in [6, 6.07) is 20.1. The first-order chi connectivity index (χ1) is 14.5. The quantitative estimate of drug-likeness (QED) is 0.349. The summed E-state index contributed by atoms with van der Waals surface area (Å²) < 4.78 is 20.2. The van der Waals surface area contributed by atoms with Gasteiger partial charge in [-0.05, 0) is 70.4 Å². The van der Waals surface area contributed by atoms with Crippen LogP contribution in [-0.2, 0) is 6.61 Å². The molecule has 1 aromatic heterocycles. The number of benzene rings is 3. The van der Waals surface area contributed by atoms with E-state index in [1.165, 1.54) is 6.07 Å². The number of aryl methyl sites for hydroxylation is 1. The second-order valence-electron chi connectivity index (χ2n) is 6.85. The van der Waals surface area contributed by atoms with E-state index in [4.69, 9.17) is 4.74 Å². The minimum Gasteiger partial charge on any atom is -0.488 e. The number of imidazole rings is 1. The number of ether oxygens (including phenoxy) is 1. The zero-order chi connectivity index (χ0) is 21.1. The van der Waals surface area contributed by atoms with E-state index < -0.39 is 0 Å². The van der Waals surface area contributed by atoms with Crippen molar-refractivity contribution < 1.29 is 9.13 Å². The summed E-state index contributed by atoms with van der Waals surface area (Å²) in [7, 11) is 0. The van der Waals surface area contributed by atoms with E-state index in [0.29, 0.717) is 27.2 Å². The fourth-order valence-corrected chi connectivity index (χ4v) is 3.58. The predicted octanol–water partition coefficient (Wildman–Crippen LogP) is 6.42.